The number of rotatable bonds is 6. The van der Waals surface area contributed by atoms with Crippen LogP contribution >= 0.6 is 0 Å². The van der Waals surface area contributed by atoms with Gasteiger partial charge in [-0.2, -0.15) is 0 Å². The van der Waals surface area contributed by atoms with Gasteiger partial charge in [-0.15, -0.1) is 0 Å². The number of allylic oxidation sites excluding steroid dienone is 1. The lowest BCUT2D eigenvalue weighted by Crippen LogP contribution is -2.28. The van der Waals surface area contributed by atoms with Crippen molar-refractivity contribution in [2.24, 2.45) is 11.8 Å². The van der Waals surface area contributed by atoms with Crippen molar-refractivity contribution < 1.29 is 9.53 Å². The molecule has 4 nitrogen and oxygen atoms in total. The summed E-state index contributed by atoms with van der Waals surface area (Å²) in [6.07, 6.45) is 6.20. The molecule has 0 fully saturated rings. The third-order valence-corrected chi connectivity index (χ3v) is 5.66. The molecule has 0 saturated carbocycles. The van der Waals surface area contributed by atoms with Crippen LogP contribution in [0.15, 0.2) is 29.8 Å². The van der Waals surface area contributed by atoms with E-state index in [9.17, 15) is 4.79 Å². The van der Waals surface area contributed by atoms with Crippen molar-refractivity contribution in [2.45, 2.75) is 46.5 Å². The lowest BCUT2D eigenvalue weighted by Gasteiger charge is -2.25. The molecule has 0 aliphatic heterocycles. The number of benzene rings is 1. The molecular weight excluding hydrogens is 324 g/mol. The zero-order chi connectivity index (χ0) is 18.7. The van der Waals surface area contributed by atoms with Crippen molar-refractivity contribution in [1.29, 1.82) is 0 Å². The third-order valence-electron chi connectivity index (χ3n) is 5.66. The van der Waals surface area contributed by atoms with Gasteiger partial charge in [0, 0.05) is 23.1 Å². The Hall–Kier alpha value is -2.23. The maximum Gasteiger partial charge on any atom is 0.224 e. The number of nitrogens with one attached hydrogen (secondary N) is 2. The van der Waals surface area contributed by atoms with Crippen LogP contribution in [-0.2, 0) is 11.2 Å². The Morgan fingerprint density at radius 1 is 1.38 bits per heavy atom. The van der Waals surface area contributed by atoms with Crippen LogP contribution in [0.5, 0.6) is 5.75 Å². The number of hydrogen-bond donors (Lipinski definition) is 2. The monoisotopic (exact) mass is 354 g/mol. The SMILES string of the molecule is COc1ccc2[nH]c(C)c(CC(=O)NCC3=CC[C@H](C(C)C)CC3)c2c1. The minimum atomic E-state index is 0.0729. The van der Waals surface area contributed by atoms with E-state index < -0.39 is 0 Å². The van der Waals surface area contributed by atoms with E-state index in [2.05, 4.69) is 30.2 Å². The molecule has 0 spiro atoms. The number of aromatic amines is 1. The fourth-order valence-corrected chi connectivity index (χ4v) is 3.83. The topological polar surface area (TPSA) is 54.1 Å². The molecule has 0 saturated heterocycles. The number of methoxy groups -OCH3 is 1. The largest absolute Gasteiger partial charge is 0.497 e. The van der Waals surface area contributed by atoms with Gasteiger partial charge in [0.2, 0.25) is 5.91 Å². The molecule has 26 heavy (non-hydrogen) atoms. The molecule has 1 aromatic heterocycles. The Labute approximate surface area is 156 Å². The number of fused-ring (bicyclic) bond motifs is 1. The Morgan fingerprint density at radius 2 is 2.19 bits per heavy atom. The number of ether oxygens (including phenoxy) is 1. The molecule has 1 aliphatic carbocycles. The van der Waals surface area contributed by atoms with Gasteiger partial charge in [0.05, 0.1) is 13.5 Å². The second-order valence-corrected chi connectivity index (χ2v) is 7.73. The predicted molar refractivity (Wildman–Crippen MR) is 107 cm³/mol. The van der Waals surface area contributed by atoms with E-state index >= 15 is 0 Å². The minimum absolute atomic E-state index is 0.0729. The van der Waals surface area contributed by atoms with Gasteiger partial charge in [0.15, 0.2) is 0 Å². The highest BCUT2D eigenvalue weighted by molar-refractivity contribution is 5.91. The lowest BCUT2D eigenvalue weighted by molar-refractivity contribution is -0.120. The van der Waals surface area contributed by atoms with Gasteiger partial charge in [0.25, 0.3) is 0 Å². The number of hydrogen-bond acceptors (Lipinski definition) is 2. The van der Waals surface area contributed by atoms with Crippen molar-refractivity contribution in [1.82, 2.24) is 10.3 Å². The minimum Gasteiger partial charge on any atom is -0.497 e. The van der Waals surface area contributed by atoms with Crippen LogP contribution in [0.25, 0.3) is 10.9 Å². The summed E-state index contributed by atoms with van der Waals surface area (Å²) < 4.78 is 5.32. The van der Waals surface area contributed by atoms with Crippen LogP contribution in [0.2, 0.25) is 0 Å². The van der Waals surface area contributed by atoms with Gasteiger partial charge >= 0.3 is 0 Å². The molecule has 1 heterocycles. The first-order valence-corrected chi connectivity index (χ1v) is 9.57. The molecule has 2 N–H and O–H groups in total. The summed E-state index contributed by atoms with van der Waals surface area (Å²) >= 11 is 0. The summed E-state index contributed by atoms with van der Waals surface area (Å²) in [4.78, 5) is 15.9. The van der Waals surface area contributed by atoms with E-state index in [1.807, 2.05) is 25.1 Å². The second kappa shape index (κ2) is 7.98. The highest BCUT2D eigenvalue weighted by Crippen LogP contribution is 2.29. The lowest BCUT2D eigenvalue weighted by atomic mass is 9.82. The van der Waals surface area contributed by atoms with Gasteiger partial charge in [0.1, 0.15) is 5.75 Å². The first kappa shape index (κ1) is 18.6. The van der Waals surface area contributed by atoms with Gasteiger partial charge in [-0.05, 0) is 61.8 Å². The number of aryl methyl sites for hydroxylation is 1. The van der Waals surface area contributed by atoms with Crippen molar-refractivity contribution in [3.63, 3.8) is 0 Å². The van der Waals surface area contributed by atoms with Gasteiger partial charge < -0.3 is 15.0 Å². The average molecular weight is 354 g/mol. The Kier molecular flexibility index (Phi) is 5.70. The molecule has 1 amide bonds. The van der Waals surface area contributed by atoms with Crippen LogP contribution in [0.4, 0.5) is 0 Å². The van der Waals surface area contributed by atoms with E-state index in [4.69, 9.17) is 4.74 Å². The molecule has 4 heteroatoms. The molecule has 3 rings (SSSR count). The third kappa shape index (κ3) is 4.12. The van der Waals surface area contributed by atoms with Crippen molar-refractivity contribution in [3.8, 4) is 5.75 Å². The highest BCUT2D eigenvalue weighted by atomic mass is 16.5. The van der Waals surface area contributed by atoms with Crippen LogP contribution < -0.4 is 10.1 Å². The summed E-state index contributed by atoms with van der Waals surface area (Å²) in [5, 5.41) is 4.17. The van der Waals surface area contributed by atoms with E-state index in [0.29, 0.717) is 13.0 Å². The highest BCUT2D eigenvalue weighted by Gasteiger charge is 2.18. The normalized spacial score (nSPS) is 17.4. The van der Waals surface area contributed by atoms with Gasteiger partial charge in [-0.25, -0.2) is 0 Å². The summed E-state index contributed by atoms with van der Waals surface area (Å²) in [7, 11) is 1.66. The maximum absolute atomic E-state index is 12.5. The number of H-pyrrole nitrogens is 1. The second-order valence-electron chi connectivity index (χ2n) is 7.73. The molecule has 0 radical (unpaired) electrons. The standard InChI is InChI=1S/C22H30N2O2/c1-14(2)17-7-5-16(6-8-17)13-23-22(25)12-19-15(3)24-21-10-9-18(26-4)11-20(19)21/h5,9-11,14,17,24H,6-8,12-13H2,1-4H3,(H,23,25)/t17-/m0/s1. The Morgan fingerprint density at radius 3 is 2.85 bits per heavy atom. The van der Waals surface area contributed by atoms with E-state index in [1.54, 1.807) is 7.11 Å². The molecule has 1 aliphatic rings. The van der Waals surface area contributed by atoms with Crippen molar-refractivity contribution in [2.75, 3.05) is 13.7 Å². The summed E-state index contributed by atoms with van der Waals surface area (Å²) in [5.41, 5.74) is 4.50. The molecule has 140 valence electrons. The number of carbonyl (C=O) groups is 1. The number of amides is 1. The summed E-state index contributed by atoms with van der Waals surface area (Å²) in [5.74, 6) is 2.41. The molecule has 0 unspecified atom stereocenters. The summed E-state index contributed by atoms with van der Waals surface area (Å²) in [6.45, 7) is 7.28. The smallest absolute Gasteiger partial charge is 0.224 e. The average Bonchev–Trinajstić information content (AvgIpc) is 2.95. The van der Waals surface area contributed by atoms with Crippen LogP contribution in [0, 0.1) is 18.8 Å². The fraction of sp³-hybridized carbons (Fsp3) is 0.500. The van der Waals surface area contributed by atoms with E-state index in [1.165, 1.54) is 12.0 Å². The van der Waals surface area contributed by atoms with E-state index in [0.717, 1.165) is 52.6 Å². The van der Waals surface area contributed by atoms with Gasteiger partial charge in [-0.1, -0.05) is 25.5 Å². The molecular formula is C22H30N2O2. The molecule has 0 bridgehead atoms. The first-order chi connectivity index (χ1) is 12.5. The van der Waals surface area contributed by atoms with Crippen molar-refractivity contribution in [3.05, 3.63) is 41.1 Å². The summed E-state index contributed by atoms with van der Waals surface area (Å²) in [6, 6.07) is 5.93. The molecule has 1 aromatic carbocycles. The van der Waals surface area contributed by atoms with Crippen molar-refractivity contribution >= 4 is 16.8 Å². The zero-order valence-electron chi connectivity index (χ0n) is 16.3. The quantitative estimate of drug-likeness (QED) is 0.749. The Bertz CT molecular complexity index is 817. The van der Waals surface area contributed by atoms with Gasteiger partial charge in [-0.3, -0.25) is 4.79 Å². The molecule has 2 aromatic rings. The zero-order valence-corrected chi connectivity index (χ0v) is 16.3. The molecule has 1 atom stereocenters. The maximum atomic E-state index is 12.5. The predicted octanol–water partition coefficient (Wildman–Crippen LogP) is 4.53. The van der Waals surface area contributed by atoms with E-state index in [-0.39, 0.29) is 5.91 Å². The number of carbonyl (C=O) groups excluding carboxylic acids is 1. The fourth-order valence-electron chi connectivity index (χ4n) is 3.83. The first-order valence-electron chi connectivity index (χ1n) is 9.57. The van der Waals surface area contributed by atoms with Crippen LogP contribution in [0.3, 0.4) is 0 Å². The van der Waals surface area contributed by atoms with Crippen LogP contribution in [-0.4, -0.2) is 24.5 Å². The van der Waals surface area contributed by atoms with Crippen LogP contribution in [0.1, 0.15) is 44.4 Å². The number of aromatic nitrogens is 1. The Balaban J connectivity index is 1.62.